The lowest BCUT2D eigenvalue weighted by atomic mass is 10.1. The Labute approximate surface area is 157 Å². The van der Waals surface area contributed by atoms with E-state index in [0.717, 1.165) is 22.9 Å². The number of carbonyl (C=O) groups excluding carboxylic acids is 1. The molecule has 5 nitrogen and oxygen atoms in total. The first-order chi connectivity index (χ1) is 13.0. The number of carbonyl (C=O) groups is 1. The van der Waals surface area contributed by atoms with Crippen LogP contribution < -0.4 is 10.4 Å². The Morgan fingerprint density at radius 3 is 2.59 bits per heavy atom. The fourth-order valence-corrected chi connectivity index (χ4v) is 2.73. The van der Waals surface area contributed by atoms with Crippen molar-refractivity contribution in [3.8, 4) is 5.75 Å². The molecule has 0 saturated carbocycles. The summed E-state index contributed by atoms with van der Waals surface area (Å²) in [7, 11) is 0. The van der Waals surface area contributed by atoms with E-state index < -0.39 is 5.63 Å². The lowest BCUT2D eigenvalue weighted by Gasteiger charge is -2.09. The normalized spacial score (nSPS) is 10.7. The van der Waals surface area contributed by atoms with Crippen LogP contribution in [0.5, 0.6) is 5.75 Å². The first-order valence-electron chi connectivity index (χ1n) is 8.96. The fourth-order valence-electron chi connectivity index (χ4n) is 2.73. The van der Waals surface area contributed by atoms with E-state index in [1.54, 1.807) is 0 Å². The molecular weight excluding hydrogens is 344 g/mol. The number of benzene rings is 2. The summed E-state index contributed by atoms with van der Waals surface area (Å²) < 4.78 is 16.1. The molecule has 0 fully saturated rings. The molecule has 140 valence electrons. The minimum atomic E-state index is -0.454. The van der Waals surface area contributed by atoms with Crippen molar-refractivity contribution in [2.75, 3.05) is 6.61 Å². The van der Waals surface area contributed by atoms with Gasteiger partial charge >= 0.3 is 11.6 Å². The van der Waals surface area contributed by atoms with Gasteiger partial charge in [-0.25, -0.2) is 4.79 Å². The third-order valence-corrected chi connectivity index (χ3v) is 4.29. The first kappa shape index (κ1) is 18.7. The van der Waals surface area contributed by atoms with Crippen LogP contribution in [0.15, 0.2) is 57.7 Å². The van der Waals surface area contributed by atoms with Crippen molar-refractivity contribution in [2.45, 2.75) is 33.3 Å². The van der Waals surface area contributed by atoms with Gasteiger partial charge in [-0.2, -0.15) is 0 Å². The number of aryl methyl sites for hydroxylation is 2. The van der Waals surface area contributed by atoms with Crippen LogP contribution in [-0.2, 0) is 22.6 Å². The van der Waals surface area contributed by atoms with E-state index in [2.05, 4.69) is 0 Å². The first-order valence-corrected chi connectivity index (χ1v) is 8.96. The zero-order chi connectivity index (χ0) is 19.2. The fraction of sp³-hybridized carbons (Fsp3) is 0.273. The number of hydrogen-bond donors (Lipinski definition) is 0. The molecule has 0 unspecified atom stereocenters. The molecule has 5 heteroatoms. The topological polar surface area (TPSA) is 65.7 Å². The summed E-state index contributed by atoms with van der Waals surface area (Å²) in [5.41, 5.74) is 2.91. The maximum Gasteiger partial charge on any atom is 0.336 e. The molecule has 1 heterocycles. The second-order valence-corrected chi connectivity index (χ2v) is 6.35. The van der Waals surface area contributed by atoms with Gasteiger partial charge in [-0.15, -0.1) is 0 Å². The summed E-state index contributed by atoms with van der Waals surface area (Å²) in [6.07, 6.45) is 0.979. The summed E-state index contributed by atoms with van der Waals surface area (Å²) in [5.74, 6) is 0.334. The minimum Gasteiger partial charge on any atom is -0.493 e. The van der Waals surface area contributed by atoms with Gasteiger partial charge in [0.2, 0.25) is 0 Å². The third-order valence-electron chi connectivity index (χ3n) is 4.29. The molecule has 0 amide bonds. The van der Waals surface area contributed by atoms with Gasteiger partial charge in [0.1, 0.15) is 17.9 Å². The summed E-state index contributed by atoms with van der Waals surface area (Å²) in [6.45, 7) is 4.29. The highest BCUT2D eigenvalue weighted by atomic mass is 16.5. The van der Waals surface area contributed by atoms with Crippen molar-refractivity contribution in [3.05, 3.63) is 75.6 Å². The number of rotatable bonds is 7. The van der Waals surface area contributed by atoms with Crippen molar-refractivity contribution in [3.63, 3.8) is 0 Å². The van der Waals surface area contributed by atoms with E-state index in [1.807, 2.05) is 56.3 Å². The zero-order valence-electron chi connectivity index (χ0n) is 15.5. The molecule has 0 bridgehead atoms. The molecule has 0 aliphatic rings. The van der Waals surface area contributed by atoms with E-state index in [-0.39, 0.29) is 25.6 Å². The Hall–Kier alpha value is -3.08. The second-order valence-electron chi connectivity index (χ2n) is 6.35. The van der Waals surface area contributed by atoms with E-state index in [1.165, 1.54) is 6.07 Å². The Morgan fingerprint density at radius 1 is 1.07 bits per heavy atom. The van der Waals surface area contributed by atoms with Crippen LogP contribution in [0, 0.1) is 6.92 Å². The molecule has 0 spiro atoms. The molecule has 0 atom stereocenters. The van der Waals surface area contributed by atoms with Crippen molar-refractivity contribution < 1.29 is 18.7 Å². The summed E-state index contributed by atoms with van der Waals surface area (Å²) in [6, 6.07) is 14.7. The molecule has 3 aromatic rings. The average molecular weight is 366 g/mol. The number of fused-ring (bicyclic) bond motifs is 1. The molecule has 2 aromatic carbocycles. The van der Waals surface area contributed by atoms with Gasteiger partial charge in [-0.1, -0.05) is 36.8 Å². The standard InChI is InChI=1S/C22H22O5/c1-3-16-6-9-19-17(13-22(24)27-20(19)12-16)14-26-21(23)10-11-25-18-7-4-15(2)5-8-18/h4-9,12-13H,3,10-11,14H2,1-2H3. The summed E-state index contributed by atoms with van der Waals surface area (Å²) in [4.78, 5) is 23.8. The molecule has 3 rings (SSSR count). The van der Waals surface area contributed by atoms with E-state index in [4.69, 9.17) is 13.9 Å². The predicted octanol–water partition coefficient (Wildman–Crippen LogP) is 4.18. The SMILES string of the molecule is CCc1ccc2c(COC(=O)CCOc3ccc(C)cc3)cc(=O)oc2c1. The smallest absolute Gasteiger partial charge is 0.336 e. The maximum atomic E-state index is 12.0. The van der Waals surface area contributed by atoms with Crippen LogP contribution in [0.1, 0.15) is 30.0 Å². The van der Waals surface area contributed by atoms with Gasteiger partial charge < -0.3 is 13.9 Å². The zero-order valence-corrected chi connectivity index (χ0v) is 15.5. The molecule has 1 aromatic heterocycles. The molecule has 0 saturated heterocycles. The lowest BCUT2D eigenvalue weighted by Crippen LogP contribution is -2.11. The number of esters is 1. The molecular formula is C22H22O5. The quantitative estimate of drug-likeness (QED) is 0.464. The highest BCUT2D eigenvalue weighted by Gasteiger charge is 2.10. The molecule has 0 aliphatic carbocycles. The van der Waals surface area contributed by atoms with Crippen LogP contribution in [0.3, 0.4) is 0 Å². The van der Waals surface area contributed by atoms with Crippen molar-refractivity contribution in [1.29, 1.82) is 0 Å². The van der Waals surface area contributed by atoms with Crippen LogP contribution >= 0.6 is 0 Å². The Kier molecular flexibility index (Phi) is 5.91. The Balaban J connectivity index is 1.58. The molecule has 0 aliphatic heterocycles. The maximum absolute atomic E-state index is 12.0. The van der Waals surface area contributed by atoms with Gasteiger partial charge in [0.25, 0.3) is 0 Å². The predicted molar refractivity (Wildman–Crippen MR) is 103 cm³/mol. The highest BCUT2D eigenvalue weighted by Crippen LogP contribution is 2.20. The van der Waals surface area contributed by atoms with Gasteiger partial charge in [0, 0.05) is 17.0 Å². The molecule has 27 heavy (non-hydrogen) atoms. The summed E-state index contributed by atoms with van der Waals surface area (Å²) >= 11 is 0. The van der Waals surface area contributed by atoms with Crippen LogP contribution in [0.2, 0.25) is 0 Å². The van der Waals surface area contributed by atoms with Crippen molar-refractivity contribution in [2.24, 2.45) is 0 Å². The van der Waals surface area contributed by atoms with Crippen LogP contribution in [-0.4, -0.2) is 12.6 Å². The highest BCUT2D eigenvalue weighted by molar-refractivity contribution is 5.81. The Bertz CT molecular complexity index is 986. The summed E-state index contributed by atoms with van der Waals surface area (Å²) in [5, 5.41) is 0.774. The minimum absolute atomic E-state index is 0.0247. The largest absolute Gasteiger partial charge is 0.493 e. The van der Waals surface area contributed by atoms with E-state index in [9.17, 15) is 9.59 Å². The van der Waals surface area contributed by atoms with Crippen LogP contribution in [0.25, 0.3) is 11.0 Å². The van der Waals surface area contributed by atoms with Crippen LogP contribution in [0.4, 0.5) is 0 Å². The number of hydrogen-bond acceptors (Lipinski definition) is 5. The van der Waals surface area contributed by atoms with Crippen molar-refractivity contribution >= 4 is 16.9 Å². The second kappa shape index (κ2) is 8.54. The van der Waals surface area contributed by atoms with E-state index in [0.29, 0.717) is 16.9 Å². The number of ether oxygens (including phenoxy) is 2. The molecule has 0 radical (unpaired) electrons. The van der Waals surface area contributed by atoms with Gasteiger partial charge in [0.15, 0.2) is 0 Å². The van der Waals surface area contributed by atoms with Gasteiger partial charge in [-0.05, 0) is 37.1 Å². The lowest BCUT2D eigenvalue weighted by molar-refractivity contribution is -0.145. The van der Waals surface area contributed by atoms with Crippen molar-refractivity contribution in [1.82, 2.24) is 0 Å². The van der Waals surface area contributed by atoms with Gasteiger partial charge in [0.05, 0.1) is 13.0 Å². The van der Waals surface area contributed by atoms with E-state index >= 15 is 0 Å². The average Bonchev–Trinajstić information content (AvgIpc) is 2.67. The monoisotopic (exact) mass is 366 g/mol. The third kappa shape index (κ3) is 4.97. The molecule has 0 N–H and O–H groups in total. The Morgan fingerprint density at radius 2 is 1.85 bits per heavy atom. The van der Waals surface area contributed by atoms with Gasteiger partial charge in [-0.3, -0.25) is 4.79 Å².